The van der Waals surface area contributed by atoms with Crippen molar-refractivity contribution in [3.63, 3.8) is 0 Å². The second-order valence-corrected chi connectivity index (χ2v) is 9.61. The Hall–Kier alpha value is -2.31. The molecule has 1 heteroatoms. The van der Waals surface area contributed by atoms with E-state index in [0.29, 0.717) is 5.92 Å². The summed E-state index contributed by atoms with van der Waals surface area (Å²) in [7, 11) is 0. The first kappa shape index (κ1) is 22.9. The van der Waals surface area contributed by atoms with Crippen molar-refractivity contribution in [2.24, 2.45) is 0 Å². The largest absolute Gasteiger partial charge is 0.0843 e. The first-order valence-electron chi connectivity index (χ1n) is 12.3. The predicted molar refractivity (Wildman–Crippen MR) is 140 cm³/mol. The van der Waals surface area contributed by atoms with E-state index in [-0.39, 0.29) is 5.92 Å². The molecular weight excluding hydrogens is 408 g/mol. The molecular formula is C31H35Cl. The summed E-state index contributed by atoms with van der Waals surface area (Å²) in [6, 6.07) is 28.6. The smallest absolute Gasteiger partial charge is 0.0409 e. The van der Waals surface area contributed by atoms with Crippen LogP contribution in [0.3, 0.4) is 0 Å². The van der Waals surface area contributed by atoms with Gasteiger partial charge in [0, 0.05) is 16.9 Å². The molecule has 0 aliphatic heterocycles. The number of rotatable bonds is 10. The van der Waals surface area contributed by atoms with E-state index in [1.807, 2.05) is 0 Å². The summed E-state index contributed by atoms with van der Waals surface area (Å²) in [6.45, 7) is 4.61. The molecule has 32 heavy (non-hydrogen) atoms. The topological polar surface area (TPSA) is 0 Å². The van der Waals surface area contributed by atoms with E-state index in [2.05, 4.69) is 92.7 Å². The predicted octanol–water partition coefficient (Wildman–Crippen LogP) is 9.79. The van der Waals surface area contributed by atoms with Gasteiger partial charge in [-0.05, 0) is 58.9 Å². The van der Waals surface area contributed by atoms with Gasteiger partial charge in [0.2, 0.25) is 0 Å². The van der Waals surface area contributed by atoms with E-state index in [4.69, 9.17) is 11.6 Å². The molecule has 1 aliphatic carbocycles. The number of allylic oxidation sites excluding steroid dienone is 2. The lowest BCUT2D eigenvalue weighted by molar-refractivity contribution is 0.560. The van der Waals surface area contributed by atoms with Crippen LogP contribution in [0.15, 0.2) is 84.4 Å². The molecule has 0 spiro atoms. The van der Waals surface area contributed by atoms with Gasteiger partial charge in [0.25, 0.3) is 0 Å². The summed E-state index contributed by atoms with van der Waals surface area (Å²) in [5, 5.41) is 0.849. The van der Waals surface area contributed by atoms with Gasteiger partial charge in [-0.25, -0.2) is 0 Å². The van der Waals surface area contributed by atoms with Crippen molar-refractivity contribution in [2.75, 3.05) is 0 Å². The van der Waals surface area contributed by atoms with E-state index < -0.39 is 0 Å². The van der Waals surface area contributed by atoms with Gasteiger partial charge in [0.05, 0.1) is 0 Å². The normalized spacial score (nSPS) is 15.4. The van der Waals surface area contributed by atoms with E-state index in [1.54, 1.807) is 5.57 Å². The first-order valence-corrected chi connectivity index (χ1v) is 12.7. The highest BCUT2D eigenvalue weighted by atomic mass is 35.5. The van der Waals surface area contributed by atoms with E-state index in [0.717, 1.165) is 5.02 Å². The van der Waals surface area contributed by atoms with Crippen LogP contribution in [-0.4, -0.2) is 0 Å². The maximum Gasteiger partial charge on any atom is 0.0409 e. The molecule has 0 amide bonds. The average Bonchev–Trinajstić information content (AvgIpc) is 3.08. The minimum absolute atomic E-state index is 0.272. The Morgan fingerprint density at radius 3 is 1.97 bits per heavy atom. The Morgan fingerprint density at radius 2 is 1.34 bits per heavy atom. The summed E-state index contributed by atoms with van der Waals surface area (Å²) in [6.07, 6.45) is 9.16. The molecule has 0 radical (unpaired) electrons. The third-order valence-electron chi connectivity index (χ3n) is 7.02. The summed E-state index contributed by atoms with van der Waals surface area (Å²) >= 11 is 6.50. The Bertz CT molecular complexity index is 993. The van der Waals surface area contributed by atoms with Crippen LogP contribution in [-0.2, 0) is 0 Å². The SMILES string of the molecule is CCCCCCCCC1C(C(c2ccccc2)c2ccccc2)=C(C)c2ccc(Cl)cc21. The van der Waals surface area contributed by atoms with Crippen molar-refractivity contribution in [3.05, 3.63) is 112 Å². The molecule has 166 valence electrons. The zero-order chi connectivity index (χ0) is 22.3. The molecule has 3 aromatic carbocycles. The van der Waals surface area contributed by atoms with Gasteiger partial charge in [0.15, 0.2) is 0 Å². The van der Waals surface area contributed by atoms with Gasteiger partial charge in [-0.2, -0.15) is 0 Å². The zero-order valence-corrected chi connectivity index (χ0v) is 20.2. The van der Waals surface area contributed by atoms with Crippen LogP contribution in [0.5, 0.6) is 0 Å². The molecule has 0 fully saturated rings. The van der Waals surface area contributed by atoms with Gasteiger partial charge in [-0.3, -0.25) is 0 Å². The molecule has 0 N–H and O–H groups in total. The average molecular weight is 443 g/mol. The number of benzene rings is 3. The highest BCUT2D eigenvalue weighted by Crippen LogP contribution is 2.52. The number of halogens is 1. The monoisotopic (exact) mass is 442 g/mol. The van der Waals surface area contributed by atoms with Crippen LogP contribution in [0, 0.1) is 0 Å². The van der Waals surface area contributed by atoms with E-state index >= 15 is 0 Å². The second kappa shape index (κ2) is 11.0. The minimum Gasteiger partial charge on any atom is -0.0843 e. The van der Waals surface area contributed by atoms with Crippen LogP contribution in [0.4, 0.5) is 0 Å². The summed E-state index contributed by atoms with van der Waals surface area (Å²) in [5.74, 6) is 0.703. The Morgan fingerprint density at radius 1 is 0.750 bits per heavy atom. The fourth-order valence-electron chi connectivity index (χ4n) is 5.45. The number of hydrogen-bond donors (Lipinski definition) is 0. The lowest BCUT2D eigenvalue weighted by Crippen LogP contribution is -2.11. The van der Waals surface area contributed by atoms with E-state index in [9.17, 15) is 0 Å². The molecule has 3 aromatic rings. The minimum atomic E-state index is 0.272. The maximum absolute atomic E-state index is 6.50. The zero-order valence-electron chi connectivity index (χ0n) is 19.5. The first-order chi connectivity index (χ1) is 15.7. The standard InChI is InChI=1S/C31H35Cl/c1-3-4-5-6-7-14-19-28-29-22-26(32)20-21-27(29)23(2)30(28)31(24-15-10-8-11-16-24)25-17-12-9-13-18-25/h8-13,15-18,20-22,28,31H,3-7,14,19H2,1-2H3. The van der Waals surface area contributed by atoms with Crippen LogP contribution in [0.25, 0.3) is 5.57 Å². The molecule has 0 bridgehead atoms. The number of hydrogen-bond acceptors (Lipinski definition) is 0. The Kier molecular flexibility index (Phi) is 7.87. The van der Waals surface area contributed by atoms with Crippen molar-refractivity contribution in [1.29, 1.82) is 0 Å². The molecule has 4 rings (SSSR count). The van der Waals surface area contributed by atoms with Crippen molar-refractivity contribution >= 4 is 17.2 Å². The number of unbranched alkanes of at least 4 members (excludes halogenated alkanes) is 5. The Balaban J connectivity index is 1.72. The summed E-state index contributed by atoms with van der Waals surface area (Å²) < 4.78 is 0. The van der Waals surface area contributed by atoms with Crippen molar-refractivity contribution < 1.29 is 0 Å². The van der Waals surface area contributed by atoms with E-state index in [1.165, 1.54) is 72.8 Å². The van der Waals surface area contributed by atoms with Gasteiger partial charge >= 0.3 is 0 Å². The van der Waals surface area contributed by atoms with Crippen molar-refractivity contribution in [1.82, 2.24) is 0 Å². The molecule has 0 nitrogen and oxygen atoms in total. The highest BCUT2D eigenvalue weighted by Gasteiger charge is 2.35. The van der Waals surface area contributed by atoms with Gasteiger partial charge in [-0.15, -0.1) is 0 Å². The molecule has 0 aromatic heterocycles. The second-order valence-electron chi connectivity index (χ2n) is 9.18. The molecule has 1 atom stereocenters. The number of fused-ring (bicyclic) bond motifs is 1. The van der Waals surface area contributed by atoms with Gasteiger partial charge < -0.3 is 0 Å². The molecule has 1 aliphatic rings. The van der Waals surface area contributed by atoms with Gasteiger partial charge in [-0.1, -0.05) is 124 Å². The lowest BCUT2D eigenvalue weighted by Gasteiger charge is -2.27. The van der Waals surface area contributed by atoms with Crippen LogP contribution in [0.2, 0.25) is 5.02 Å². The highest BCUT2D eigenvalue weighted by molar-refractivity contribution is 6.30. The molecule has 0 saturated heterocycles. The van der Waals surface area contributed by atoms with Crippen molar-refractivity contribution in [3.8, 4) is 0 Å². The fourth-order valence-corrected chi connectivity index (χ4v) is 5.63. The van der Waals surface area contributed by atoms with Crippen LogP contribution < -0.4 is 0 Å². The van der Waals surface area contributed by atoms with Crippen molar-refractivity contribution in [2.45, 2.75) is 70.6 Å². The molecule has 0 saturated carbocycles. The van der Waals surface area contributed by atoms with Crippen LogP contribution in [0.1, 0.15) is 92.9 Å². The Labute approximate surface area is 199 Å². The fraction of sp³-hybridized carbons (Fsp3) is 0.355. The third-order valence-corrected chi connectivity index (χ3v) is 7.26. The lowest BCUT2D eigenvalue weighted by atomic mass is 9.76. The summed E-state index contributed by atoms with van der Waals surface area (Å²) in [5.41, 5.74) is 8.56. The van der Waals surface area contributed by atoms with Gasteiger partial charge in [0.1, 0.15) is 0 Å². The molecule has 0 heterocycles. The third kappa shape index (κ3) is 5.02. The quantitative estimate of drug-likeness (QED) is 0.274. The van der Waals surface area contributed by atoms with Crippen LogP contribution >= 0.6 is 11.6 Å². The molecule has 1 unspecified atom stereocenters. The maximum atomic E-state index is 6.50. The summed E-state index contributed by atoms with van der Waals surface area (Å²) in [4.78, 5) is 0.